The van der Waals surface area contributed by atoms with E-state index in [1.807, 2.05) is 20.8 Å². The number of hydrogen-bond donors (Lipinski definition) is 1. The number of rotatable bonds is 6. The van der Waals surface area contributed by atoms with Gasteiger partial charge in [0.15, 0.2) is 0 Å². The lowest BCUT2D eigenvalue weighted by molar-refractivity contribution is -0.144. The molecule has 0 bridgehead atoms. The summed E-state index contributed by atoms with van der Waals surface area (Å²) in [5.41, 5.74) is 5.64. The van der Waals surface area contributed by atoms with Gasteiger partial charge in [-0.1, -0.05) is 13.8 Å². The van der Waals surface area contributed by atoms with Gasteiger partial charge >= 0.3 is 5.97 Å². The van der Waals surface area contributed by atoms with Crippen LogP contribution in [0.3, 0.4) is 0 Å². The van der Waals surface area contributed by atoms with Gasteiger partial charge in [-0.05, 0) is 19.1 Å². The maximum Gasteiger partial charge on any atom is 0.309 e. The Balaban J connectivity index is 3.72. The summed E-state index contributed by atoms with van der Waals surface area (Å²) in [6, 6.07) is 0.239. The third-order valence-electron chi connectivity index (χ3n) is 2.23. The van der Waals surface area contributed by atoms with Crippen LogP contribution < -0.4 is 5.73 Å². The highest BCUT2D eigenvalue weighted by atomic mass is 32.2. The number of hydrogen-bond acceptors (Lipinski definition) is 4. The van der Waals surface area contributed by atoms with Crippen molar-refractivity contribution in [1.29, 1.82) is 0 Å². The second-order valence-corrected chi connectivity index (χ2v) is 5.14. The average molecular weight is 219 g/mol. The molecule has 0 heterocycles. The molecule has 3 unspecified atom stereocenters. The molecule has 0 aromatic rings. The Kier molecular flexibility index (Phi) is 7.01. The second kappa shape index (κ2) is 7.12. The van der Waals surface area contributed by atoms with Crippen LogP contribution in [0.2, 0.25) is 0 Å². The first-order valence-electron chi connectivity index (χ1n) is 4.94. The molecule has 14 heavy (non-hydrogen) atoms. The minimum Gasteiger partial charge on any atom is -0.469 e. The topological polar surface area (TPSA) is 52.3 Å². The van der Waals surface area contributed by atoms with Crippen LogP contribution >= 0.6 is 11.8 Å². The maximum atomic E-state index is 11.2. The van der Waals surface area contributed by atoms with Crippen LogP contribution in [0.1, 0.15) is 27.2 Å². The Morgan fingerprint density at radius 3 is 2.43 bits per heavy atom. The predicted octanol–water partition coefficient (Wildman–Crippen LogP) is 1.65. The molecule has 84 valence electrons. The molecule has 4 heteroatoms. The molecular formula is C10H21NO2S. The van der Waals surface area contributed by atoms with E-state index in [1.165, 1.54) is 7.11 Å². The largest absolute Gasteiger partial charge is 0.469 e. The van der Waals surface area contributed by atoms with Gasteiger partial charge in [0.2, 0.25) is 0 Å². The van der Waals surface area contributed by atoms with Gasteiger partial charge in [0.05, 0.1) is 13.0 Å². The number of ether oxygens (including phenoxy) is 1. The van der Waals surface area contributed by atoms with Gasteiger partial charge in [-0.25, -0.2) is 0 Å². The van der Waals surface area contributed by atoms with Crippen molar-refractivity contribution in [2.75, 3.05) is 12.9 Å². The quantitative estimate of drug-likeness (QED) is 0.690. The highest BCUT2D eigenvalue weighted by molar-refractivity contribution is 7.99. The SMILES string of the molecule is COC(=O)C(C)C(C)SCCC(C)N. The van der Waals surface area contributed by atoms with E-state index in [4.69, 9.17) is 5.73 Å². The fourth-order valence-corrected chi connectivity index (χ4v) is 2.24. The van der Waals surface area contributed by atoms with Crippen LogP contribution in [0.4, 0.5) is 0 Å². The van der Waals surface area contributed by atoms with Gasteiger partial charge < -0.3 is 10.5 Å². The molecule has 0 aliphatic rings. The molecule has 0 fully saturated rings. The first-order valence-corrected chi connectivity index (χ1v) is 5.99. The van der Waals surface area contributed by atoms with E-state index >= 15 is 0 Å². The molecular weight excluding hydrogens is 198 g/mol. The van der Waals surface area contributed by atoms with Crippen LogP contribution in [0.5, 0.6) is 0 Å². The number of nitrogens with two attached hydrogens (primary N) is 1. The highest BCUT2D eigenvalue weighted by Gasteiger charge is 2.20. The Morgan fingerprint density at radius 1 is 1.43 bits per heavy atom. The molecule has 0 aliphatic carbocycles. The second-order valence-electron chi connectivity index (χ2n) is 3.65. The smallest absolute Gasteiger partial charge is 0.309 e. The Morgan fingerprint density at radius 2 is 2.00 bits per heavy atom. The maximum absolute atomic E-state index is 11.2. The molecule has 0 rings (SSSR count). The molecule has 0 aliphatic heterocycles. The van der Waals surface area contributed by atoms with Gasteiger partial charge in [0.1, 0.15) is 0 Å². The van der Waals surface area contributed by atoms with E-state index in [-0.39, 0.29) is 17.9 Å². The molecule has 3 atom stereocenters. The fraction of sp³-hybridized carbons (Fsp3) is 0.900. The van der Waals surface area contributed by atoms with Crippen molar-refractivity contribution < 1.29 is 9.53 Å². The Bertz CT molecular complexity index is 174. The summed E-state index contributed by atoms with van der Waals surface area (Å²) in [5.74, 6) is 0.823. The molecule has 0 saturated heterocycles. The number of carbonyl (C=O) groups excluding carboxylic acids is 1. The summed E-state index contributed by atoms with van der Waals surface area (Å²) >= 11 is 1.78. The predicted molar refractivity (Wildman–Crippen MR) is 61.4 cm³/mol. The number of carbonyl (C=O) groups is 1. The summed E-state index contributed by atoms with van der Waals surface area (Å²) < 4.78 is 4.68. The zero-order chi connectivity index (χ0) is 11.1. The van der Waals surface area contributed by atoms with Gasteiger partial charge in [0, 0.05) is 11.3 Å². The standard InChI is InChI=1S/C10H21NO2S/c1-7(11)5-6-14-9(3)8(2)10(12)13-4/h7-9H,5-6,11H2,1-4H3. The summed E-state index contributed by atoms with van der Waals surface area (Å²) in [7, 11) is 1.43. The molecule has 0 aromatic heterocycles. The number of methoxy groups -OCH3 is 1. The molecule has 0 amide bonds. The van der Waals surface area contributed by atoms with Crippen LogP contribution in [0, 0.1) is 5.92 Å². The Hall–Kier alpha value is -0.220. The summed E-state index contributed by atoms with van der Waals surface area (Å²) in [6.07, 6.45) is 0.989. The lowest BCUT2D eigenvalue weighted by Gasteiger charge is -2.17. The Labute approximate surface area is 90.8 Å². The number of esters is 1. The van der Waals surface area contributed by atoms with Crippen molar-refractivity contribution in [3.05, 3.63) is 0 Å². The van der Waals surface area contributed by atoms with Crippen molar-refractivity contribution >= 4 is 17.7 Å². The third kappa shape index (κ3) is 5.50. The lowest BCUT2D eigenvalue weighted by Crippen LogP contribution is -2.23. The van der Waals surface area contributed by atoms with Crippen molar-refractivity contribution in [3.63, 3.8) is 0 Å². The van der Waals surface area contributed by atoms with Crippen molar-refractivity contribution in [3.8, 4) is 0 Å². The molecule has 0 saturated carbocycles. The van der Waals surface area contributed by atoms with E-state index < -0.39 is 0 Å². The number of thioether (sulfide) groups is 1. The average Bonchev–Trinajstić information content (AvgIpc) is 2.14. The van der Waals surface area contributed by atoms with Crippen molar-refractivity contribution in [2.24, 2.45) is 11.7 Å². The first kappa shape index (κ1) is 13.8. The van der Waals surface area contributed by atoms with E-state index in [2.05, 4.69) is 4.74 Å². The van der Waals surface area contributed by atoms with E-state index in [0.29, 0.717) is 5.25 Å². The fourth-order valence-electron chi connectivity index (χ4n) is 0.962. The zero-order valence-electron chi connectivity index (χ0n) is 9.45. The summed E-state index contributed by atoms with van der Waals surface area (Å²) in [6.45, 7) is 5.94. The first-order chi connectivity index (χ1) is 6.49. The van der Waals surface area contributed by atoms with Gasteiger partial charge in [0.25, 0.3) is 0 Å². The van der Waals surface area contributed by atoms with Crippen molar-refractivity contribution in [1.82, 2.24) is 0 Å². The van der Waals surface area contributed by atoms with Crippen LogP contribution in [0.25, 0.3) is 0 Å². The lowest BCUT2D eigenvalue weighted by atomic mass is 10.1. The summed E-state index contributed by atoms with van der Waals surface area (Å²) in [5, 5.41) is 0.293. The minimum absolute atomic E-state index is 0.0434. The monoisotopic (exact) mass is 219 g/mol. The summed E-state index contributed by atoms with van der Waals surface area (Å²) in [4.78, 5) is 11.2. The molecule has 0 spiro atoms. The van der Waals surface area contributed by atoms with E-state index in [0.717, 1.165) is 12.2 Å². The molecule has 0 aromatic carbocycles. The highest BCUT2D eigenvalue weighted by Crippen LogP contribution is 2.21. The van der Waals surface area contributed by atoms with Gasteiger partial charge in [-0.15, -0.1) is 0 Å². The molecule has 0 radical (unpaired) electrons. The van der Waals surface area contributed by atoms with Crippen LogP contribution in [-0.2, 0) is 9.53 Å². The van der Waals surface area contributed by atoms with Gasteiger partial charge in [-0.3, -0.25) is 4.79 Å². The van der Waals surface area contributed by atoms with Gasteiger partial charge in [-0.2, -0.15) is 11.8 Å². The molecule has 2 N–H and O–H groups in total. The zero-order valence-corrected chi connectivity index (χ0v) is 10.3. The molecule has 3 nitrogen and oxygen atoms in total. The minimum atomic E-state index is -0.134. The van der Waals surface area contributed by atoms with Crippen LogP contribution in [-0.4, -0.2) is 30.1 Å². The van der Waals surface area contributed by atoms with Crippen LogP contribution in [0.15, 0.2) is 0 Å². The normalized spacial score (nSPS) is 17.2. The van der Waals surface area contributed by atoms with Crippen molar-refractivity contribution in [2.45, 2.75) is 38.5 Å². The van der Waals surface area contributed by atoms with E-state index in [1.54, 1.807) is 11.8 Å². The van der Waals surface area contributed by atoms with E-state index in [9.17, 15) is 4.79 Å². The third-order valence-corrected chi connectivity index (χ3v) is 3.64.